The van der Waals surface area contributed by atoms with Crippen LogP contribution in [-0.2, 0) is 13.0 Å². The van der Waals surface area contributed by atoms with E-state index in [2.05, 4.69) is 71.4 Å². The molecule has 0 saturated carbocycles. The summed E-state index contributed by atoms with van der Waals surface area (Å²) in [5.74, 6) is 0. The maximum atomic E-state index is 2.38. The Morgan fingerprint density at radius 2 is 1.53 bits per heavy atom. The van der Waals surface area contributed by atoms with Crippen LogP contribution in [0.15, 0.2) is 66.9 Å². The molecule has 0 radical (unpaired) electrons. The molecule has 1 nitrogen and oxygen atoms in total. The molecule has 0 amide bonds. The van der Waals surface area contributed by atoms with Crippen LogP contribution in [0.25, 0.3) is 22.4 Å². The fourth-order valence-electron chi connectivity index (χ4n) is 3.02. The lowest BCUT2D eigenvalue weighted by Crippen LogP contribution is -2.09. The molecule has 4 rings (SSSR count). The molecule has 2 heterocycles. The Bertz CT molecular complexity index is 722. The van der Waals surface area contributed by atoms with Gasteiger partial charge in [0.25, 0.3) is 0 Å². The number of hydrogen-bond acceptors (Lipinski definition) is 0. The van der Waals surface area contributed by atoms with E-state index < -0.39 is 0 Å². The van der Waals surface area contributed by atoms with Crippen molar-refractivity contribution in [2.45, 2.75) is 13.0 Å². The minimum Gasteiger partial charge on any atom is -0.347 e. The van der Waals surface area contributed by atoms with Gasteiger partial charge in [0.1, 0.15) is 0 Å². The highest BCUT2D eigenvalue weighted by atomic mass is 15.0. The molecule has 0 saturated heterocycles. The summed E-state index contributed by atoms with van der Waals surface area (Å²) >= 11 is 0. The van der Waals surface area contributed by atoms with Gasteiger partial charge in [0.2, 0.25) is 0 Å². The topological polar surface area (TPSA) is 4.93 Å². The van der Waals surface area contributed by atoms with Crippen molar-refractivity contribution in [2.24, 2.45) is 0 Å². The number of hydrogen-bond donors (Lipinski definition) is 0. The van der Waals surface area contributed by atoms with Crippen molar-refractivity contribution >= 4 is 0 Å². The Kier molecular flexibility index (Phi) is 2.31. The summed E-state index contributed by atoms with van der Waals surface area (Å²) in [7, 11) is 0. The van der Waals surface area contributed by atoms with E-state index >= 15 is 0 Å². The average molecular weight is 245 g/mol. The maximum absolute atomic E-state index is 2.38. The molecular weight excluding hydrogens is 230 g/mol. The monoisotopic (exact) mass is 245 g/mol. The first-order valence-electron chi connectivity index (χ1n) is 6.76. The van der Waals surface area contributed by atoms with Crippen LogP contribution in [0.5, 0.6) is 0 Å². The fraction of sp³-hybridized carbons (Fsp3) is 0.111. The summed E-state index contributed by atoms with van der Waals surface area (Å²) in [6.45, 7) is 1.08. The van der Waals surface area contributed by atoms with Gasteiger partial charge in [-0.25, -0.2) is 0 Å². The normalized spacial score (nSPS) is 12.8. The van der Waals surface area contributed by atoms with Crippen LogP contribution in [0.2, 0.25) is 0 Å². The molecule has 0 atom stereocenters. The maximum Gasteiger partial charge on any atom is 0.0562 e. The van der Waals surface area contributed by atoms with Crippen molar-refractivity contribution in [3.05, 3.63) is 72.4 Å². The highest BCUT2D eigenvalue weighted by molar-refractivity contribution is 5.83. The van der Waals surface area contributed by atoms with E-state index in [0.717, 1.165) is 13.0 Å². The molecule has 0 aliphatic carbocycles. The minimum absolute atomic E-state index is 1.08. The van der Waals surface area contributed by atoms with Crippen molar-refractivity contribution in [1.29, 1.82) is 0 Å². The number of nitrogens with zero attached hydrogens (tertiary/aromatic N) is 1. The van der Waals surface area contributed by atoms with Gasteiger partial charge in [-0.15, -0.1) is 0 Å². The third-order valence-corrected chi connectivity index (χ3v) is 3.94. The Hall–Kier alpha value is -2.28. The lowest BCUT2D eigenvalue weighted by molar-refractivity contribution is 0.689. The van der Waals surface area contributed by atoms with Crippen molar-refractivity contribution in [3.63, 3.8) is 0 Å². The molecule has 1 aliphatic rings. The predicted octanol–water partition coefficient (Wildman–Crippen LogP) is 4.38. The third-order valence-electron chi connectivity index (χ3n) is 3.94. The fourth-order valence-corrected chi connectivity index (χ4v) is 3.02. The lowest BCUT2D eigenvalue weighted by Gasteiger charge is -2.20. The van der Waals surface area contributed by atoms with Crippen LogP contribution in [0.3, 0.4) is 0 Å². The largest absolute Gasteiger partial charge is 0.347 e. The zero-order chi connectivity index (χ0) is 12.7. The molecular formula is C18H15N. The molecule has 0 fully saturated rings. The molecule has 2 aromatic carbocycles. The molecule has 19 heavy (non-hydrogen) atoms. The number of aryl methyl sites for hydroxylation is 2. The van der Waals surface area contributed by atoms with E-state index in [1.807, 2.05) is 0 Å². The van der Waals surface area contributed by atoms with Crippen molar-refractivity contribution in [1.82, 2.24) is 4.57 Å². The van der Waals surface area contributed by atoms with Crippen LogP contribution in [0, 0.1) is 0 Å². The van der Waals surface area contributed by atoms with Gasteiger partial charge in [0.15, 0.2) is 0 Å². The summed E-state index contributed by atoms with van der Waals surface area (Å²) in [6.07, 6.45) is 3.35. The Balaban J connectivity index is 1.97. The first kappa shape index (κ1) is 10.6. The molecule has 0 N–H and O–H groups in total. The summed E-state index contributed by atoms with van der Waals surface area (Å²) in [5, 5.41) is 0. The highest BCUT2D eigenvalue weighted by Gasteiger charge is 2.19. The van der Waals surface area contributed by atoms with Crippen molar-refractivity contribution in [2.75, 3.05) is 0 Å². The Morgan fingerprint density at radius 1 is 0.737 bits per heavy atom. The molecule has 1 aliphatic heterocycles. The second-order valence-corrected chi connectivity index (χ2v) is 5.04. The summed E-state index contributed by atoms with van der Waals surface area (Å²) in [6, 6.07) is 21.7. The van der Waals surface area contributed by atoms with Crippen molar-refractivity contribution in [3.8, 4) is 22.4 Å². The van der Waals surface area contributed by atoms with Crippen LogP contribution < -0.4 is 0 Å². The molecule has 92 valence electrons. The molecule has 1 aromatic heterocycles. The zero-order valence-corrected chi connectivity index (χ0v) is 10.7. The number of benzene rings is 2. The Morgan fingerprint density at radius 3 is 2.42 bits per heavy atom. The van der Waals surface area contributed by atoms with E-state index in [1.165, 1.54) is 27.9 Å². The summed E-state index contributed by atoms with van der Waals surface area (Å²) in [4.78, 5) is 0. The van der Waals surface area contributed by atoms with E-state index in [0.29, 0.717) is 0 Å². The number of aromatic nitrogens is 1. The van der Waals surface area contributed by atoms with Gasteiger partial charge < -0.3 is 4.57 Å². The first-order chi connectivity index (χ1) is 9.43. The Labute approximate surface area is 113 Å². The van der Waals surface area contributed by atoms with Crippen LogP contribution in [-0.4, -0.2) is 4.57 Å². The zero-order valence-electron chi connectivity index (χ0n) is 10.7. The van der Waals surface area contributed by atoms with Gasteiger partial charge in [0.05, 0.1) is 5.69 Å². The van der Waals surface area contributed by atoms with E-state index in [1.54, 1.807) is 0 Å². The smallest absolute Gasteiger partial charge is 0.0562 e. The minimum atomic E-state index is 1.08. The van der Waals surface area contributed by atoms with Gasteiger partial charge in [-0.3, -0.25) is 0 Å². The number of fused-ring (bicyclic) bond motifs is 3. The average Bonchev–Trinajstić information content (AvgIpc) is 2.92. The van der Waals surface area contributed by atoms with Gasteiger partial charge >= 0.3 is 0 Å². The lowest BCUT2D eigenvalue weighted by atomic mass is 9.94. The van der Waals surface area contributed by atoms with Crippen LogP contribution >= 0.6 is 0 Å². The third kappa shape index (κ3) is 1.62. The SMILES string of the molecule is c1ccc(-c2ccn3c2-c2ccccc2CC3)cc1. The standard InChI is InChI=1S/C18H15N/c1-2-6-14(7-3-1)17-11-13-19-12-10-15-8-4-5-9-16(15)18(17)19/h1-9,11,13H,10,12H2. The first-order valence-corrected chi connectivity index (χ1v) is 6.76. The molecule has 1 heteroatoms. The van der Waals surface area contributed by atoms with Gasteiger partial charge in [-0.2, -0.15) is 0 Å². The predicted molar refractivity (Wildman–Crippen MR) is 79.0 cm³/mol. The van der Waals surface area contributed by atoms with Crippen LogP contribution in [0.1, 0.15) is 5.56 Å². The quantitative estimate of drug-likeness (QED) is 0.599. The van der Waals surface area contributed by atoms with E-state index in [-0.39, 0.29) is 0 Å². The highest BCUT2D eigenvalue weighted by Crippen LogP contribution is 2.37. The summed E-state index contributed by atoms with van der Waals surface area (Å²) < 4.78 is 2.38. The van der Waals surface area contributed by atoms with E-state index in [4.69, 9.17) is 0 Å². The molecule has 0 bridgehead atoms. The van der Waals surface area contributed by atoms with Crippen LogP contribution in [0.4, 0.5) is 0 Å². The molecule has 0 unspecified atom stereocenters. The van der Waals surface area contributed by atoms with Gasteiger partial charge in [0, 0.05) is 23.9 Å². The second-order valence-electron chi connectivity index (χ2n) is 5.04. The van der Waals surface area contributed by atoms with E-state index in [9.17, 15) is 0 Å². The van der Waals surface area contributed by atoms with Gasteiger partial charge in [-0.05, 0) is 23.6 Å². The number of rotatable bonds is 1. The summed E-state index contributed by atoms with van der Waals surface area (Å²) in [5.41, 5.74) is 6.86. The van der Waals surface area contributed by atoms with Gasteiger partial charge in [-0.1, -0.05) is 54.6 Å². The van der Waals surface area contributed by atoms with Crippen molar-refractivity contribution < 1.29 is 0 Å². The molecule has 3 aromatic rings. The molecule has 0 spiro atoms. The second kappa shape index (κ2) is 4.13.